The highest BCUT2D eigenvalue weighted by molar-refractivity contribution is 7.85. The number of nitrogens with one attached hydrogen (secondary N) is 1. The molecule has 4 heteroatoms. The molecule has 1 aliphatic rings. The van der Waals surface area contributed by atoms with Crippen LogP contribution >= 0.6 is 0 Å². The lowest BCUT2D eigenvalue weighted by molar-refractivity contribution is 0.200. The van der Waals surface area contributed by atoms with Gasteiger partial charge in [-0.2, -0.15) is 0 Å². The average molecular weight is 309 g/mol. The highest BCUT2D eigenvalue weighted by Crippen LogP contribution is 2.39. The number of hydrogen-bond acceptors (Lipinski definition) is 3. The number of methoxy groups -OCH3 is 1. The summed E-state index contributed by atoms with van der Waals surface area (Å²) in [4.78, 5) is 0. The third kappa shape index (κ3) is 3.93. The molecule has 0 aromatic heterocycles. The van der Waals surface area contributed by atoms with Crippen LogP contribution in [-0.2, 0) is 15.5 Å². The van der Waals surface area contributed by atoms with Gasteiger partial charge in [0.25, 0.3) is 0 Å². The Labute approximate surface area is 130 Å². The second-order valence-corrected chi connectivity index (χ2v) is 7.55. The topological polar surface area (TPSA) is 38.3 Å². The largest absolute Gasteiger partial charge is 0.385 e. The standard InChI is InChI=1S/C17H27NO2S/c1-4-18-17-15-9-6-5-8-14(15)13(2)12-16(17)21(19)11-7-10-20-3/h5-6,8-9,13,16-18H,4,7,10-12H2,1-3H3. The van der Waals surface area contributed by atoms with Crippen LogP contribution in [0.4, 0.5) is 0 Å². The van der Waals surface area contributed by atoms with E-state index in [9.17, 15) is 4.21 Å². The van der Waals surface area contributed by atoms with Crippen molar-refractivity contribution in [3.8, 4) is 0 Å². The van der Waals surface area contributed by atoms with Crippen molar-refractivity contribution in [2.24, 2.45) is 0 Å². The molecular formula is C17H27NO2S. The lowest BCUT2D eigenvalue weighted by Gasteiger charge is -2.37. The monoisotopic (exact) mass is 309 g/mol. The zero-order valence-corrected chi connectivity index (χ0v) is 14.1. The Balaban J connectivity index is 2.19. The number of hydrogen-bond donors (Lipinski definition) is 1. The lowest BCUT2D eigenvalue weighted by atomic mass is 9.80. The second kappa shape index (κ2) is 8.06. The van der Waals surface area contributed by atoms with Crippen LogP contribution in [0, 0.1) is 0 Å². The fourth-order valence-electron chi connectivity index (χ4n) is 3.27. The van der Waals surface area contributed by atoms with Gasteiger partial charge >= 0.3 is 0 Å². The number of fused-ring (bicyclic) bond motifs is 1. The fourth-order valence-corrected chi connectivity index (χ4v) is 5.03. The molecule has 0 spiro atoms. The molecule has 1 N–H and O–H groups in total. The van der Waals surface area contributed by atoms with Crippen LogP contribution in [0.5, 0.6) is 0 Å². The molecule has 21 heavy (non-hydrogen) atoms. The maximum absolute atomic E-state index is 12.7. The molecule has 1 aromatic rings. The van der Waals surface area contributed by atoms with Crippen LogP contribution in [0.1, 0.15) is 49.8 Å². The summed E-state index contributed by atoms with van der Waals surface area (Å²) in [5, 5.41) is 3.76. The van der Waals surface area contributed by atoms with Crippen molar-refractivity contribution in [2.45, 2.75) is 43.9 Å². The predicted octanol–water partition coefficient (Wildman–Crippen LogP) is 3.00. The molecule has 4 unspecified atom stereocenters. The van der Waals surface area contributed by atoms with E-state index in [0.717, 1.165) is 25.1 Å². The van der Waals surface area contributed by atoms with Crippen LogP contribution in [0.3, 0.4) is 0 Å². The zero-order chi connectivity index (χ0) is 15.2. The zero-order valence-electron chi connectivity index (χ0n) is 13.3. The van der Waals surface area contributed by atoms with Gasteiger partial charge in [-0.15, -0.1) is 0 Å². The minimum atomic E-state index is -0.810. The smallest absolute Gasteiger partial charge is 0.0548 e. The van der Waals surface area contributed by atoms with Crippen molar-refractivity contribution in [2.75, 3.05) is 26.0 Å². The quantitative estimate of drug-likeness (QED) is 0.787. The maximum atomic E-state index is 12.7. The van der Waals surface area contributed by atoms with E-state index in [1.165, 1.54) is 11.1 Å². The molecular weight excluding hydrogens is 282 g/mol. The summed E-state index contributed by atoms with van der Waals surface area (Å²) in [6.07, 6.45) is 1.86. The van der Waals surface area contributed by atoms with Gasteiger partial charge in [0.1, 0.15) is 0 Å². The summed E-state index contributed by atoms with van der Waals surface area (Å²) < 4.78 is 17.8. The molecule has 0 bridgehead atoms. The fraction of sp³-hybridized carbons (Fsp3) is 0.647. The van der Waals surface area contributed by atoms with Crippen molar-refractivity contribution < 1.29 is 8.95 Å². The van der Waals surface area contributed by atoms with E-state index in [0.29, 0.717) is 12.5 Å². The van der Waals surface area contributed by atoms with Crippen LogP contribution in [0.2, 0.25) is 0 Å². The summed E-state index contributed by atoms with van der Waals surface area (Å²) in [5.74, 6) is 1.21. The first-order valence-corrected chi connectivity index (χ1v) is 9.25. The van der Waals surface area contributed by atoms with Gasteiger partial charge in [-0.1, -0.05) is 38.1 Å². The van der Waals surface area contributed by atoms with Gasteiger partial charge in [-0.25, -0.2) is 0 Å². The molecule has 0 heterocycles. The number of rotatable bonds is 7. The molecule has 0 aliphatic heterocycles. The summed E-state index contributed by atoms with van der Waals surface area (Å²) in [7, 11) is 0.888. The second-order valence-electron chi connectivity index (χ2n) is 5.77. The Hall–Kier alpha value is -0.710. The Morgan fingerprint density at radius 3 is 2.71 bits per heavy atom. The summed E-state index contributed by atoms with van der Waals surface area (Å²) in [6.45, 7) is 5.96. The molecule has 0 saturated carbocycles. The van der Waals surface area contributed by atoms with Crippen molar-refractivity contribution in [1.82, 2.24) is 5.32 Å². The highest BCUT2D eigenvalue weighted by atomic mass is 32.2. The van der Waals surface area contributed by atoms with Crippen molar-refractivity contribution in [1.29, 1.82) is 0 Å². The third-order valence-corrected chi connectivity index (χ3v) is 6.11. The molecule has 0 radical (unpaired) electrons. The third-order valence-electron chi connectivity index (χ3n) is 4.28. The summed E-state index contributed by atoms with van der Waals surface area (Å²) in [5.41, 5.74) is 2.75. The molecule has 0 fully saturated rings. The van der Waals surface area contributed by atoms with Gasteiger partial charge < -0.3 is 10.1 Å². The minimum Gasteiger partial charge on any atom is -0.385 e. The van der Waals surface area contributed by atoms with Gasteiger partial charge in [0.15, 0.2) is 0 Å². The number of ether oxygens (including phenoxy) is 1. The van der Waals surface area contributed by atoms with Crippen LogP contribution in [0.25, 0.3) is 0 Å². The van der Waals surface area contributed by atoms with E-state index < -0.39 is 10.8 Å². The van der Waals surface area contributed by atoms with E-state index in [1.807, 2.05) is 0 Å². The van der Waals surface area contributed by atoms with E-state index in [2.05, 4.69) is 43.4 Å². The summed E-state index contributed by atoms with van der Waals surface area (Å²) >= 11 is 0. The van der Waals surface area contributed by atoms with Gasteiger partial charge in [-0.05, 0) is 36.4 Å². The Morgan fingerprint density at radius 1 is 1.33 bits per heavy atom. The predicted molar refractivity (Wildman–Crippen MR) is 89.2 cm³/mol. The van der Waals surface area contributed by atoms with E-state index >= 15 is 0 Å². The molecule has 0 saturated heterocycles. The Bertz CT molecular complexity index is 478. The Morgan fingerprint density at radius 2 is 2.05 bits per heavy atom. The van der Waals surface area contributed by atoms with Crippen molar-refractivity contribution in [3.05, 3.63) is 35.4 Å². The minimum absolute atomic E-state index is 0.201. The average Bonchev–Trinajstić information content (AvgIpc) is 2.50. The van der Waals surface area contributed by atoms with Gasteiger partial charge in [-0.3, -0.25) is 4.21 Å². The van der Waals surface area contributed by atoms with Crippen molar-refractivity contribution in [3.63, 3.8) is 0 Å². The molecule has 1 aromatic carbocycles. The Kier molecular flexibility index (Phi) is 6.40. The van der Waals surface area contributed by atoms with Crippen LogP contribution in [0.15, 0.2) is 24.3 Å². The lowest BCUT2D eigenvalue weighted by Crippen LogP contribution is -2.40. The van der Waals surface area contributed by atoms with E-state index in [1.54, 1.807) is 7.11 Å². The molecule has 2 rings (SSSR count). The van der Waals surface area contributed by atoms with E-state index in [-0.39, 0.29) is 11.3 Å². The number of benzene rings is 1. The van der Waals surface area contributed by atoms with Crippen LogP contribution < -0.4 is 5.32 Å². The molecule has 4 atom stereocenters. The van der Waals surface area contributed by atoms with Gasteiger partial charge in [0.2, 0.25) is 0 Å². The van der Waals surface area contributed by atoms with Crippen molar-refractivity contribution >= 4 is 10.8 Å². The molecule has 118 valence electrons. The first kappa shape index (κ1) is 16.7. The maximum Gasteiger partial charge on any atom is 0.0548 e. The molecule has 0 amide bonds. The van der Waals surface area contributed by atoms with Gasteiger partial charge in [0.05, 0.1) is 5.25 Å². The van der Waals surface area contributed by atoms with Crippen LogP contribution in [-0.4, -0.2) is 35.5 Å². The first-order valence-electron chi connectivity index (χ1n) is 7.87. The normalized spacial score (nSPS) is 26.3. The summed E-state index contributed by atoms with van der Waals surface area (Å²) in [6, 6.07) is 8.82. The van der Waals surface area contributed by atoms with Gasteiger partial charge in [0, 0.05) is 36.3 Å². The first-order chi connectivity index (χ1) is 10.2. The molecule has 3 nitrogen and oxygen atoms in total. The highest BCUT2D eigenvalue weighted by Gasteiger charge is 2.35. The molecule has 1 aliphatic carbocycles. The SMILES string of the molecule is CCNC1c2ccccc2C(C)CC1S(=O)CCCOC. The van der Waals surface area contributed by atoms with E-state index in [4.69, 9.17) is 4.74 Å².